The van der Waals surface area contributed by atoms with Crippen LogP contribution in [-0.2, 0) is 12.3 Å². The summed E-state index contributed by atoms with van der Waals surface area (Å²) in [7, 11) is 0. The van der Waals surface area contributed by atoms with Gasteiger partial charge in [-0.15, -0.1) is 10.2 Å². The van der Waals surface area contributed by atoms with Crippen LogP contribution in [0.15, 0.2) is 70.4 Å². The third-order valence-electron chi connectivity index (χ3n) is 4.48. The molecule has 4 rings (SSSR count). The van der Waals surface area contributed by atoms with E-state index in [0.29, 0.717) is 34.7 Å². The summed E-state index contributed by atoms with van der Waals surface area (Å²) in [6, 6.07) is 16.6. The molecule has 2 heterocycles. The SMILES string of the molecule is CC(C)c1cnc(CSc2nnc(-c3ccccc3F)n2Cc2ccccc2)o1. The number of benzene rings is 2. The molecule has 0 fully saturated rings. The van der Waals surface area contributed by atoms with Crippen LogP contribution in [0.25, 0.3) is 11.4 Å². The van der Waals surface area contributed by atoms with Crippen molar-refractivity contribution in [1.29, 1.82) is 0 Å². The van der Waals surface area contributed by atoms with Crippen molar-refractivity contribution < 1.29 is 8.81 Å². The maximum Gasteiger partial charge on any atom is 0.204 e. The topological polar surface area (TPSA) is 56.7 Å². The molecule has 0 spiro atoms. The Labute approximate surface area is 173 Å². The number of nitrogens with zero attached hydrogens (tertiary/aromatic N) is 4. The molecule has 0 unspecified atom stereocenters. The molecular formula is C22H21FN4OS. The summed E-state index contributed by atoms with van der Waals surface area (Å²) in [5.41, 5.74) is 1.52. The smallest absolute Gasteiger partial charge is 0.204 e. The Kier molecular flexibility index (Phi) is 5.76. The quantitative estimate of drug-likeness (QED) is 0.376. The van der Waals surface area contributed by atoms with Crippen LogP contribution in [0.5, 0.6) is 0 Å². The molecule has 5 nitrogen and oxygen atoms in total. The fourth-order valence-electron chi connectivity index (χ4n) is 2.93. The highest BCUT2D eigenvalue weighted by Gasteiger charge is 2.18. The van der Waals surface area contributed by atoms with Crippen LogP contribution < -0.4 is 0 Å². The highest BCUT2D eigenvalue weighted by Crippen LogP contribution is 2.29. The highest BCUT2D eigenvalue weighted by atomic mass is 32.2. The van der Waals surface area contributed by atoms with Crippen molar-refractivity contribution in [2.75, 3.05) is 0 Å². The summed E-state index contributed by atoms with van der Waals surface area (Å²) in [5.74, 6) is 2.50. The normalized spacial score (nSPS) is 11.3. The zero-order valence-corrected chi connectivity index (χ0v) is 17.1. The van der Waals surface area contributed by atoms with E-state index in [1.54, 1.807) is 24.4 Å². The Morgan fingerprint density at radius 3 is 2.52 bits per heavy atom. The number of oxazole rings is 1. The van der Waals surface area contributed by atoms with Gasteiger partial charge in [0.15, 0.2) is 11.0 Å². The number of aromatic nitrogens is 4. The van der Waals surface area contributed by atoms with E-state index in [-0.39, 0.29) is 11.7 Å². The maximum atomic E-state index is 14.4. The van der Waals surface area contributed by atoms with Gasteiger partial charge in [0.05, 0.1) is 24.1 Å². The second kappa shape index (κ2) is 8.61. The molecule has 0 aliphatic carbocycles. The van der Waals surface area contributed by atoms with Crippen molar-refractivity contribution in [3.8, 4) is 11.4 Å². The number of halogens is 1. The highest BCUT2D eigenvalue weighted by molar-refractivity contribution is 7.98. The lowest BCUT2D eigenvalue weighted by Gasteiger charge is -2.10. The van der Waals surface area contributed by atoms with E-state index in [9.17, 15) is 4.39 Å². The van der Waals surface area contributed by atoms with Gasteiger partial charge in [-0.05, 0) is 17.7 Å². The average molecular weight is 409 g/mol. The van der Waals surface area contributed by atoms with E-state index in [1.807, 2.05) is 34.9 Å². The summed E-state index contributed by atoms with van der Waals surface area (Å²) in [6.07, 6.45) is 1.76. The number of hydrogen-bond acceptors (Lipinski definition) is 5. The maximum absolute atomic E-state index is 14.4. The van der Waals surface area contributed by atoms with E-state index in [4.69, 9.17) is 4.42 Å². The van der Waals surface area contributed by atoms with Gasteiger partial charge in [0, 0.05) is 5.92 Å². The molecular weight excluding hydrogens is 387 g/mol. The number of hydrogen-bond donors (Lipinski definition) is 0. The molecule has 0 bridgehead atoms. The van der Waals surface area contributed by atoms with Crippen molar-refractivity contribution in [1.82, 2.24) is 19.7 Å². The molecule has 0 amide bonds. The largest absolute Gasteiger partial charge is 0.445 e. The average Bonchev–Trinajstić information content (AvgIpc) is 3.35. The first kappa shape index (κ1) is 19.4. The Morgan fingerprint density at radius 2 is 1.79 bits per heavy atom. The molecule has 0 aliphatic rings. The molecule has 0 N–H and O–H groups in total. The third kappa shape index (κ3) is 4.40. The second-order valence-corrected chi connectivity index (χ2v) is 7.90. The first-order valence-corrected chi connectivity index (χ1v) is 10.4. The zero-order valence-electron chi connectivity index (χ0n) is 16.2. The molecule has 2 aromatic heterocycles. The lowest BCUT2D eigenvalue weighted by molar-refractivity contribution is 0.453. The summed E-state index contributed by atoms with van der Waals surface area (Å²) >= 11 is 1.48. The fraction of sp³-hybridized carbons (Fsp3) is 0.227. The van der Waals surface area contributed by atoms with Crippen LogP contribution in [0, 0.1) is 5.82 Å². The molecule has 4 aromatic rings. The van der Waals surface area contributed by atoms with Gasteiger partial charge in [0.1, 0.15) is 11.6 Å². The summed E-state index contributed by atoms with van der Waals surface area (Å²) < 4.78 is 22.1. The molecule has 148 valence electrons. The van der Waals surface area contributed by atoms with Crippen molar-refractivity contribution >= 4 is 11.8 Å². The van der Waals surface area contributed by atoms with Crippen molar-refractivity contribution in [3.05, 3.63) is 83.8 Å². The Bertz CT molecular complexity index is 1090. The minimum Gasteiger partial charge on any atom is -0.445 e. The van der Waals surface area contributed by atoms with E-state index < -0.39 is 0 Å². The minimum atomic E-state index is -0.319. The van der Waals surface area contributed by atoms with Gasteiger partial charge in [-0.3, -0.25) is 4.57 Å². The molecule has 0 radical (unpaired) electrons. The molecule has 7 heteroatoms. The van der Waals surface area contributed by atoms with Gasteiger partial charge in [-0.2, -0.15) is 0 Å². The van der Waals surface area contributed by atoms with Crippen LogP contribution in [0.1, 0.15) is 37.0 Å². The van der Waals surface area contributed by atoms with Crippen molar-refractivity contribution in [3.63, 3.8) is 0 Å². The summed E-state index contributed by atoms with van der Waals surface area (Å²) in [5, 5.41) is 9.31. The predicted molar refractivity (Wildman–Crippen MR) is 111 cm³/mol. The monoisotopic (exact) mass is 408 g/mol. The predicted octanol–water partition coefficient (Wildman–Crippen LogP) is 5.54. The zero-order chi connectivity index (χ0) is 20.2. The number of thioether (sulfide) groups is 1. The number of rotatable bonds is 7. The molecule has 0 aliphatic heterocycles. The van der Waals surface area contributed by atoms with Crippen molar-refractivity contribution in [2.45, 2.75) is 37.2 Å². The first-order chi connectivity index (χ1) is 14.1. The van der Waals surface area contributed by atoms with Crippen LogP contribution in [0.2, 0.25) is 0 Å². The summed E-state index contributed by atoms with van der Waals surface area (Å²) in [4.78, 5) is 4.34. The lowest BCUT2D eigenvalue weighted by Crippen LogP contribution is -2.05. The van der Waals surface area contributed by atoms with E-state index in [1.165, 1.54) is 17.8 Å². The molecule has 0 saturated carbocycles. The van der Waals surface area contributed by atoms with E-state index in [2.05, 4.69) is 29.0 Å². The van der Waals surface area contributed by atoms with Crippen LogP contribution in [0.4, 0.5) is 4.39 Å². The van der Waals surface area contributed by atoms with Crippen LogP contribution >= 0.6 is 11.8 Å². The first-order valence-electron chi connectivity index (χ1n) is 9.41. The van der Waals surface area contributed by atoms with Gasteiger partial charge in [-0.25, -0.2) is 9.37 Å². The van der Waals surface area contributed by atoms with Gasteiger partial charge in [0.2, 0.25) is 5.89 Å². The van der Waals surface area contributed by atoms with E-state index >= 15 is 0 Å². The lowest BCUT2D eigenvalue weighted by atomic mass is 10.2. The van der Waals surface area contributed by atoms with Gasteiger partial charge < -0.3 is 4.42 Å². The van der Waals surface area contributed by atoms with Crippen LogP contribution in [0.3, 0.4) is 0 Å². The third-order valence-corrected chi connectivity index (χ3v) is 5.43. The Balaban J connectivity index is 1.64. The van der Waals surface area contributed by atoms with E-state index in [0.717, 1.165) is 11.3 Å². The summed E-state index contributed by atoms with van der Waals surface area (Å²) in [6.45, 7) is 4.67. The molecule has 0 atom stereocenters. The fourth-order valence-corrected chi connectivity index (χ4v) is 3.72. The molecule has 0 saturated heterocycles. The molecule has 2 aromatic carbocycles. The second-order valence-electron chi connectivity index (χ2n) is 6.96. The van der Waals surface area contributed by atoms with Crippen LogP contribution in [-0.4, -0.2) is 19.7 Å². The van der Waals surface area contributed by atoms with Crippen molar-refractivity contribution in [2.24, 2.45) is 0 Å². The Hall–Kier alpha value is -2.93. The Morgan fingerprint density at radius 1 is 1.03 bits per heavy atom. The standard InChI is InChI=1S/C22H21FN4OS/c1-15(2)19-12-24-20(28-19)14-29-22-26-25-21(17-10-6-7-11-18(17)23)27(22)13-16-8-4-3-5-9-16/h3-12,15H,13-14H2,1-2H3. The molecule has 29 heavy (non-hydrogen) atoms. The minimum absolute atomic E-state index is 0.288. The van der Waals surface area contributed by atoms with Gasteiger partial charge >= 0.3 is 0 Å². The van der Waals surface area contributed by atoms with Gasteiger partial charge in [-0.1, -0.05) is 68.1 Å². The van der Waals surface area contributed by atoms with Gasteiger partial charge in [0.25, 0.3) is 0 Å².